The zero-order valence-electron chi connectivity index (χ0n) is 21.4. The van der Waals surface area contributed by atoms with E-state index < -0.39 is 50.0 Å². The van der Waals surface area contributed by atoms with Crippen LogP contribution in [0, 0.1) is 12.7 Å². The first-order valence-electron chi connectivity index (χ1n) is 12.0. The fourth-order valence-corrected chi connectivity index (χ4v) is 2.95. The van der Waals surface area contributed by atoms with Crippen LogP contribution in [0.4, 0.5) is 8.78 Å². The Morgan fingerprint density at radius 1 is 1.44 bits per heavy atom. The molecule has 1 aromatic carbocycles. The van der Waals surface area contributed by atoms with Crippen LogP contribution >= 0.6 is 11.6 Å². The van der Waals surface area contributed by atoms with E-state index in [0.717, 1.165) is 23.1 Å². The molecule has 1 aliphatic rings. The van der Waals surface area contributed by atoms with Crippen LogP contribution in [0.25, 0.3) is 0 Å². The molecule has 1 saturated heterocycles. The zero-order valence-corrected chi connectivity index (χ0v) is 15.2. The van der Waals surface area contributed by atoms with Gasteiger partial charge in [0.15, 0.2) is 0 Å². The first kappa shape index (κ1) is 12.4. The third-order valence-corrected chi connectivity index (χ3v) is 4.63. The van der Waals surface area contributed by atoms with E-state index in [4.69, 9.17) is 21.2 Å². The van der Waals surface area contributed by atoms with Gasteiger partial charge in [-0.1, -0.05) is 17.7 Å². The normalized spacial score (nSPS) is 26.6. The van der Waals surface area contributed by atoms with Gasteiger partial charge in [0.05, 0.1) is 5.02 Å². The van der Waals surface area contributed by atoms with Crippen molar-refractivity contribution in [1.29, 1.82) is 0 Å². The van der Waals surface area contributed by atoms with Crippen LogP contribution in [0.1, 0.15) is 56.8 Å². The van der Waals surface area contributed by atoms with Gasteiger partial charge in [-0.3, -0.25) is 9.78 Å². The molecular weight excluding hydrogens is 370 g/mol. The molecule has 0 bridgehead atoms. The van der Waals surface area contributed by atoms with E-state index in [2.05, 4.69) is 4.98 Å². The molecule has 0 saturated carbocycles. The number of hydrogen-bond acceptors (Lipinski definition) is 2. The summed E-state index contributed by atoms with van der Waals surface area (Å²) in [7, 11) is 0. The van der Waals surface area contributed by atoms with Crippen molar-refractivity contribution in [2.75, 3.05) is 13.0 Å². The molecule has 1 aliphatic heterocycles. The molecule has 0 aliphatic carbocycles. The number of carbonyl (C=O) groups is 1. The Labute approximate surface area is 173 Å². The van der Waals surface area contributed by atoms with Crippen molar-refractivity contribution in [2.45, 2.75) is 44.6 Å². The number of amides is 1. The summed E-state index contributed by atoms with van der Waals surface area (Å²) in [6, 6.07) is 6.00. The Morgan fingerprint density at radius 3 is 2.96 bits per heavy atom. The number of aryl methyl sites for hydroxylation is 2. The number of piperidine rings is 1. The van der Waals surface area contributed by atoms with Gasteiger partial charge in [0.25, 0.3) is 5.91 Å². The lowest BCUT2D eigenvalue weighted by Gasteiger charge is -2.36. The predicted octanol–water partition coefficient (Wildman–Crippen LogP) is 5.15. The highest BCUT2D eigenvalue weighted by molar-refractivity contribution is 6.31. The van der Waals surface area contributed by atoms with Crippen molar-refractivity contribution >= 4 is 17.5 Å². The smallest absolute Gasteiger partial charge is 0.253 e. The summed E-state index contributed by atoms with van der Waals surface area (Å²) in [4.78, 5) is 17.6. The maximum atomic E-state index is 15.8. The molecule has 1 atom stereocenters. The van der Waals surface area contributed by atoms with Crippen molar-refractivity contribution < 1.29 is 23.2 Å². The summed E-state index contributed by atoms with van der Waals surface area (Å²) >= 11 is 5.71. The number of nitrogens with zero attached hydrogens (tertiary/aromatic N) is 2. The number of likely N-dealkylation sites (tertiary alicyclic amines) is 1. The van der Waals surface area contributed by atoms with Gasteiger partial charge < -0.3 is 4.90 Å². The van der Waals surface area contributed by atoms with Crippen LogP contribution in [0.2, 0.25) is 5.02 Å². The summed E-state index contributed by atoms with van der Waals surface area (Å²) in [5.74, 6) is -1.54. The second-order valence-electron chi connectivity index (χ2n) is 6.35. The van der Waals surface area contributed by atoms with Gasteiger partial charge in [-0.15, -0.1) is 0 Å². The lowest BCUT2D eigenvalue weighted by Crippen LogP contribution is -2.44. The summed E-state index contributed by atoms with van der Waals surface area (Å²) in [6.45, 7) is -5.21. The second kappa shape index (κ2) is 8.34. The van der Waals surface area contributed by atoms with E-state index in [1.165, 1.54) is 18.3 Å². The molecule has 0 radical (unpaired) electrons. The Morgan fingerprint density at radius 2 is 2.30 bits per heavy atom. The van der Waals surface area contributed by atoms with Crippen LogP contribution in [0.15, 0.2) is 36.5 Å². The maximum Gasteiger partial charge on any atom is 0.253 e. The molecule has 27 heavy (non-hydrogen) atoms. The zero-order chi connectivity index (χ0) is 25.5. The highest BCUT2D eigenvalue weighted by Crippen LogP contribution is 2.32. The van der Waals surface area contributed by atoms with Gasteiger partial charge in [-0.05, 0) is 68.7 Å². The minimum atomic E-state index is -2.56. The second-order valence-corrected chi connectivity index (χ2v) is 6.76. The fourth-order valence-electron chi connectivity index (χ4n) is 2.77. The molecule has 3 nitrogen and oxygen atoms in total. The number of pyridine rings is 1. The molecule has 0 spiro atoms. The van der Waals surface area contributed by atoms with Crippen LogP contribution < -0.4 is 0 Å². The Bertz CT molecular complexity index is 1070. The lowest BCUT2D eigenvalue weighted by atomic mass is 9.87. The minimum Gasteiger partial charge on any atom is -0.338 e. The average Bonchev–Trinajstić information content (AvgIpc) is 2.73. The molecule has 144 valence electrons. The SMILES string of the molecule is [2H]C([2H])([2H])c1ccc(CCC([2H])([2H])C2(F)CCN(C(=O)c3ccc(F)c(Cl)c3)C([2H])([2H])C2)nc1. The van der Waals surface area contributed by atoms with Gasteiger partial charge in [0, 0.05) is 40.1 Å². The van der Waals surface area contributed by atoms with Crippen LogP contribution in [0.5, 0.6) is 0 Å². The standard InChI is InChI=1S/C21H23ClF2N2O/c1-15-4-6-17(25-14-15)3-2-8-21(24)9-11-26(12-10-21)20(27)16-5-7-19(23)18(22)13-16/h4-7,13-14H,2-3,8-12H2,1H3/i1D3,8D2,11D2. The van der Waals surface area contributed by atoms with Crippen molar-refractivity contribution in [3.05, 3.63) is 64.2 Å². The molecule has 1 aromatic heterocycles. The average molecular weight is 400 g/mol. The molecule has 2 heterocycles. The first-order chi connectivity index (χ1) is 15.6. The number of aromatic nitrogens is 1. The van der Waals surface area contributed by atoms with Gasteiger partial charge in [0.2, 0.25) is 0 Å². The van der Waals surface area contributed by atoms with Crippen LogP contribution in [0.3, 0.4) is 0 Å². The maximum absolute atomic E-state index is 15.8. The van der Waals surface area contributed by atoms with E-state index in [1.807, 2.05) is 0 Å². The number of hydrogen-bond donors (Lipinski definition) is 0. The van der Waals surface area contributed by atoms with Crippen LogP contribution in [-0.2, 0) is 6.42 Å². The predicted molar refractivity (Wildman–Crippen MR) is 102 cm³/mol. The Kier molecular flexibility index (Phi) is 3.85. The molecule has 1 amide bonds. The summed E-state index contributed by atoms with van der Waals surface area (Å²) < 4.78 is 84.5. The Balaban J connectivity index is 1.71. The molecule has 0 N–H and O–H groups in total. The number of benzene rings is 1. The molecule has 2 aromatic rings. The van der Waals surface area contributed by atoms with E-state index in [0.29, 0.717) is 5.69 Å². The van der Waals surface area contributed by atoms with Crippen molar-refractivity contribution in [3.8, 4) is 0 Å². The van der Waals surface area contributed by atoms with E-state index in [9.17, 15) is 9.18 Å². The Hall–Kier alpha value is -2.01. The van der Waals surface area contributed by atoms with E-state index in [1.54, 1.807) is 0 Å². The van der Waals surface area contributed by atoms with Crippen molar-refractivity contribution in [1.82, 2.24) is 9.88 Å². The fraction of sp³-hybridized carbons (Fsp3) is 0.429. The minimum absolute atomic E-state index is 0.0136. The summed E-state index contributed by atoms with van der Waals surface area (Å²) in [5.41, 5.74) is -2.21. The molecule has 1 unspecified atom stereocenters. The van der Waals surface area contributed by atoms with Gasteiger partial charge in [0.1, 0.15) is 11.5 Å². The number of carbonyl (C=O) groups excluding carboxylic acids is 1. The summed E-state index contributed by atoms with van der Waals surface area (Å²) in [5, 5.41) is -0.305. The molecule has 3 rings (SSSR count). The van der Waals surface area contributed by atoms with Gasteiger partial charge in [-0.25, -0.2) is 8.78 Å². The third-order valence-electron chi connectivity index (χ3n) is 4.34. The lowest BCUT2D eigenvalue weighted by molar-refractivity contribution is 0.0389. The quantitative estimate of drug-likeness (QED) is 0.696. The highest BCUT2D eigenvalue weighted by Gasteiger charge is 2.35. The van der Waals surface area contributed by atoms with Crippen LogP contribution in [-0.4, -0.2) is 34.5 Å². The van der Waals surface area contributed by atoms with E-state index >= 15 is 4.39 Å². The van der Waals surface area contributed by atoms with E-state index in [-0.39, 0.29) is 35.5 Å². The molecular formula is C21H23ClF2N2O. The van der Waals surface area contributed by atoms with Crippen molar-refractivity contribution in [3.63, 3.8) is 0 Å². The largest absolute Gasteiger partial charge is 0.338 e. The van der Waals surface area contributed by atoms with Crippen molar-refractivity contribution in [2.24, 2.45) is 0 Å². The third kappa shape index (κ3) is 5.04. The molecule has 6 heteroatoms. The number of halogens is 3. The first-order valence-corrected chi connectivity index (χ1v) is 8.85. The molecule has 1 fully saturated rings. The van der Waals surface area contributed by atoms with Gasteiger partial charge in [-0.2, -0.15) is 0 Å². The number of rotatable bonds is 5. The number of alkyl halides is 1. The topological polar surface area (TPSA) is 33.2 Å². The van der Waals surface area contributed by atoms with Gasteiger partial charge >= 0.3 is 0 Å². The monoisotopic (exact) mass is 399 g/mol. The summed E-state index contributed by atoms with van der Waals surface area (Å²) in [6.07, 6.45) is -2.90. The highest BCUT2D eigenvalue weighted by atomic mass is 35.5.